The SMILES string of the molecule is COC1(CNc2nc[nH]c(=O)c2Cl)CCOC1. The molecule has 0 spiro atoms. The number of nitrogens with one attached hydrogen (secondary N) is 2. The number of methoxy groups -OCH3 is 1. The predicted molar refractivity (Wildman–Crippen MR) is 63.5 cm³/mol. The van der Waals surface area contributed by atoms with Crippen LogP contribution >= 0.6 is 11.6 Å². The van der Waals surface area contributed by atoms with Crippen molar-refractivity contribution < 1.29 is 9.47 Å². The first kappa shape index (κ1) is 12.3. The van der Waals surface area contributed by atoms with Crippen LogP contribution in [0.1, 0.15) is 6.42 Å². The highest BCUT2D eigenvalue weighted by Gasteiger charge is 2.35. The lowest BCUT2D eigenvalue weighted by Crippen LogP contribution is -2.40. The Labute approximate surface area is 103 Å². The third-order valence-corrected chi connectivity index (χ3v) is 3.23. The van der Waals surface area contributed by atoms with E-state index in [1.54, 1.807) is 7.11 Å². The van der Waals surface area contributed by atoms with E-state index in [-0.39, 0.29) is 16.2 Å². The maximum atomic E-state index is 11.3. The van der Waals surface area contributed by atoms with Gasteiger partial charge in [0.15, 0.2) is 5.82 Å². The number of aromatic amines is 1. The monoisotopic (exact) mass is 259 g/mol. The Morgan fingerprint density at radius 3 is 3.24 bits per heavy atom. The average molecular weight is 260 g/mol. The number of rotatable bonds is 4. The smallest absolute Gasteiger partial charge is 0.271 e. The normalized spacial score (nSPS) is 23.9. The van der Waals surface area contributed by atoms with Crippen LogP contribution in [0, 0.1) is 0 Å². The molecule has 0 saturated carbocycles. The van der Waals surface area contributed by atoms with Crippen molar-refractivity contribution in [2.75, 3.05) is 32.2 Å². The number of aromatic nitrogens is 2. The molecule has 1 fully saturated rings. The van der Waals surface area contributed by atoms with E-state index in [2.05, 4.69) is 15.3 Å². The predicted octanol–water partition coefficient (Wildman–Crippen LogP) is 0.641. The minimum absolute atomic E-state index is 0.0534. The highest BCUT2D eigenvalue weighted by atomic mass is 35.5. The van der Waals surface area contributed by atoms with Gasteiger partial charge in [-0.25, -0.2) is 4.98 Å². The molecule has 1 aromatic rings. The summed E-state index contributed by atoms with van der Waals surface area (Å²) in [6, 6.07) is 0. The molecular weight excluding hydrogens is 246 g/mol. The van der Waals surface area contributed by atoms with Crippen molar-refractivity contribution in [1.29, 1.82) is 0 Å². The van der Waals surface area contributed by atoms with Gasteiger partial charge < -0.3 is 19.8 Å². The molecule has 1 unspecified atom stereocenters. The van der Waals surface area contributed by atoms with Crippen LogP contribution in [0.5, 0.6) is 0 Å². The Morgan fingerprint density at radius 2 is 2.59 bits per heavy atom. The summed E-state index contributed by atoms with van der Waals surface area (Å²) in [7, 11) is 1.64. The van der Waals surface area contributed by atoms with Crippen LogP contribution in [0.25, 0.3) is 0 Å². The second-order valence-electron chi connectivity index (χ2n) is 3.94. The summed E-state index contributed by atoms with van der Waals surface area (Å²) in [6.07, 6.45) is 2.11. The van der Waals surface area contributed by atoms with Crippen LogP contribution in [0.4, 0.5) is 5.82 Å². The molecule has 1 aliphatic rings. The Balaban J connectivity index is 2.06. The van der Waals surface area contributed by atoms with Gasteiger partial charge >= 0.3 is 0 Å². The molecule has 1 aliphatic heterocycles. The number of H-pyrrole nitrogens is 1. The lowest BCUT2D eigenvalue weighted by atomic mass is 10.0. The fourth-order valence-electron chi connectivity index (χ4n) is 1.71. The molecule has 0 radical (unpaired) electrons. The van der Waals surface area contributed by atoms with Gasteiger partial charge in [-0.15, -0.1) is 0 Å². The molecule has 0 aliphatic carbocycles. The zero-order valence-corrected chi connectivity index (χ0v) is 10.2. The van der Waals surface area contributed by atoms with Crippen molar-refractivity contribution in [1.82, 2.24) is 9.97 Å². The van der Waals surface area contributed by atoms with Crippen molar-refractivity contribution in [3.63, 3.8) is 0 Å². The fourth-order valence-corrected chi connectivity index (χ4v) is 1.88. The standard InChI is InChI=1S/C10H14ClN3O3/c1-16-10(2-3-17-5-10)4-12-8-7(11)9(15)14-6-13-8/h6H,2-5H2,1H3,(H2,12,13,14,15). The third kappa shape index (κ3) is 2.59. The first-order valence-corrected chi connectivity index (χ1v) is 5.65. The average Bonchev–Trinajstić information content (AvgIpc) is 2.81. The molecule has 94 valence electrons. The molecular formula is C10H14ClN3O3. The van der Waals surface area contributed by atoms with Crippen LogP contribution in [0.3, 0.4) is 0 Å². The third-order valence-electron chi connectivity index (χ3n) is 2.87. The molecule has 0 amide bonds. The second kappa shape index (κ2) is 5.03. The lowest BCUT2D eigenvalue weighted by molar-refractivity contribution is -0.00625. The zero-order chi connectivity index (χ0) is 12.3. The molecule has 2 heterocycles. The summed E-state index contributed by atoms with van der Waals surface area (Å²) in [4.78, 5) is 17.6. The molecule has 0 bridgehead atoms. The van der Waals surface area contributed by atoms with Gasteiger partial charge in [-0.3, -0.25) is 4.79 Å². The first-order chi connectivity index (χ1) is 8.17. The highest BCUT2D eigenvalue weighted by Crippen LogP contribution is 2.23. The van der Waals surface area contributed by atoms with E-state index in [4.69, 9.17) is 21.1 Å². The first-order valence-electron chi connectivity index (χ1n) is 5.27. The van der Waals surface area contributed by atoms with Crippen molar-refractivity contribution in [3.05, 3.63) is 21.7 Å². The largest absolute Gasteiger partial charge is 0.378 e. The zero-order valence-electron chi connectivity index (χ0n) is 9.46. The van der Waals surface area contributed by atoms with Gasteiger partial charge in [0.25, 0.3) is 5.56 Å². The summed E-state index contributed by atoms with van der Waals surface area (Å²) in [6.45, 7) is 1.70. The van der Waals surface area contributed by atoms with Crippen LogP contribution in [0.15, 0.2) is 11.1 Å². The molecule has 1 atom stereocenters. The molecule has 2 N–H and O–H groups in total. The second-order valence-corrected chi connectivity index (χ2v) is 4.32. The number of ether oxygens (including phenoxy) is 2. The van der Waals surface area contributed by atoms with Crippen molar-refractivity contribution >= 4 is 17.4 Å². The van der Waals surface area contributed by atoms with E-state index in [9.17, 15) is 4.79 Å². The summed E-state index contributed by atoms with van der Waals surface area (Å²) < 4.78 is 10.8. The van der Waals surface area contributed by atoms with Crippen molar-refractivity contribution in [2.45, 2.75) is 12.0 Å². The van der Waals surface area contributed by atoms with Gasteiger partial charge in [-0.2, -0.15) is 0 Å². The summed E-state index contributed by atoms with van der Waals surface area (Å²) >= 11 is 5.83. The molecule has 7 heteroatoms. The Hall–Kier alpha value is -1.11. The highest BCUT2D eigenvalue weighted by molar-refractivity contribution is 6.32. The minimum Gasteiger partial charge on any atom is -0.378 e. The van der Waals surface area contributed by atoms with E-state index >= 15 is 0 Å². The lowest BCUT2D eigenvalue weighted by Gasteiger charge is -2.26. The summed E-state index contributed by atoms with van der Waals surface area (Å²) in [5.74, 6) is 0.360. The van der Waals surface area contributed by atoms with E-state index in [1.165, 1.54) is 6.33 Å². The Bertz CT molecular complexity index is 443. The van der Waals surface area contributed by atoms with Gasteiger partial charge in [0.05, 0.1) is 12.9 Å². The van der Waals surface area contributed by atoms with E-state index < -0.39 is 0 Å². The van der Waals surface area contributed by atoms with Gasteiger partial charge in [0, 0.05) is 26.7 Å². The van der Waals surface area contributed by atoms with E-state index in [0.29, 0.717) is 25.6 Å². The van der Waals surface area contributed by atoms with E-state index in [0.717, 1.165) is 6.42 Å². The topological polar surface area (TPSA) is 76.2 Å². The van der Waals surface area contributed by atoms with Crippen LogP contribution in [0.2, 0.25) is 5.02 Å². The van der Waals surface area contributed by atoms with Crippen LogP contribution in [-0.4, -0.2) is 42.4 Å². The number of nitrogens with zero attached hydrogens (tertiary/aromatic N) is 1. The van der Waals surface area contributed by atoms with Crippen LogP contribution < -0.4 is 10.9 Å². The van der Waals surface area contributed by atoms with Gasteiger partial charge in [-0.05, 0) is 0 Å². The minimum atomic E-state index is -0.367. The molecule has 1 aromatic heterocycles. The number of halogens is 1. The van der Waals surface area contributed by atoms with E-state index in [1.807, 2.05) is 0 Å². The van der Waals surface area contributed by atoms with Gasteiger partial charge in [0.1, 0.15) is 10.6 Å². The van der Waals surface area contributed by atoms with Crippen molar-refractivity contribution in [3.8, 4) is 0 Å². The fraction of sp³-hybridized carbons (Fsp3) is 0.600. The maximum Gasteiger partial charge on any atom is 0.271 e. The molecule has 6 nitrogen and oxygen atoms in total. The molecule has 1 saturated heterocycles. The number of hydrogen-bond acceptors (Lipinski definition) is 5. The summed E-state index contributed by atoms with van der Waals surface area (Å²) in [5.41, 5.74) is -0.730. The van der Waals surface area contributed by atoms with Gasteiger partial charge in [-0.1, -0.05) is 11.6 Å². The Morgan fingerprint density at radius 1 is 1.76 bits per heavy atom. The molecule has 2 rings (SSSR count). The number of anilines is 1. The quantitative estimate of drug-likeness (QED) is 0.830. The maximum absolute atomic E-state index is 11.3. The molecule has 17 heavy (non-hydrogen) atoms. The molecule has 0 aromatic carbocycles. The summed E-state index contributed by atoms with van der Waals surface area (Å²) in [5, 5.41) is 3.07. The van der Waals surface area contributed by atoms with Crippen molar-refractivity contribution in [2.24, 2.45) is 0 Å². The number of hydrogen-bond donors (Lipinski definition) is 2. The van der Waals surface area contributed by atoms with Crippen LogP contribution in [-0.2, 0) is 9.47 Å². The van der Waals surface area contributed by atoms with Gasteiger partial charge in [0.2, 0.25) is 0 Å². The Kier molecular flexibility index (Phi) is 3.66.